The highest BCUT2D eigenvalue weighted by Crippen LogP contribution is 2.11. The van der Waals surface area contributed by atoms with E-state index in [0.717, 1.165) is 11.1 Å². The van der Waals surface area contributed by atoms with Gasteiger partial charge in [0.1, 0.15) is 0 Å². The number of nitrogens with one attached hydrogen (secondary N) is 2. The maximum atomic E-state index is 12.4. The van der Waals surface area contributed by atoms with Crippen molar-refractivity contribution in [2.24, 2.45) is 0 Å². The normalized spacial score (nSPS) is 11.2. The van der Waals surface area contributed by atoms with Crippen LogP contribution in [0.25, 0.3) is 0 Å². The van der Waals surface area contributed by atoms with Crippen molar-refractivity contribution in [3.05, 3.63) is 96.3 Å². The van der Waals surface area contributed by atoms with Gasteiger partial charge in [-0.05, 0) is 41.5 Å². The first-order valence-electron chi connectivity index (χ1n) is 9.02. The average Bonchev–Trinajstić information content (AvgIpc) is 3.24. The summed E-state index contributed by atoms with van der Waals surface area (Å²) < 4.78 is 28.3. The summed E-state index contributed by atoms with van der Waals surface area (Å²) in [6.07, 6.45) is 5.09. The molecule has 7 nitrogen and oxygen atoms in total. The molecule has 0 atom stereocenters. The zero-order valence-corrected chi connectivity index (χ0v) is 16.6. The van der Waals surface area contributed by atoms with Gasteiger partial charge in [0.15, 0.2) is 0 Å². The smallest absolute Gasteiger partial charge is 0.251 e. The van der Waals surface area contributed by atoms with Crippen molar-refractivity contribution in [3.8, 4) is 0 Å². The number of amides is 1. The minimum absolute atomic E-state index is 0.0993. The van der Waals surface area contributed by atoms with Crippen LogP contribution in [-0.2, 0) is 23.1 Å². The van der Waals surface area contributed by atoms with Gasteiger partial charge >= 0.3 is 0 Å². The van der Waals surface area contributed by atoms with Gasteiger partial charge in [-0.1, -0.05) is 30.3 Å². The predicted octanol–water partition coefficient (Wildman–Crippen LogP) is 2.33. The monoisotopic (exact) mass is 410 g/mol. The van der Waals surface area contributed by atoms with Crippen LogP contribution in [0.5, 0.6) is 0 Å². The van der Waals surface area contributed by atoms with Crippen LogP contribution in [0.3, 0.4) is 0 Å². The van der Waals surface area contributed by atoms with Crippen molar-refractivity contribution in [2.75, 3.05) is 6.54 Å². The van der Waals surface area contributed by atoms with Crippen LogP contribution < -0.4 is 10.0 Å². The van der Waals surface area contributed by atoms with E-state index in [2.05, 4.69) is 21.7 Å². The first kappa shape index (κ1) is 20.5. The number of carbonyl (C=O) groups is 1. The third-order valence-electron chi connectivity index (χ3n) is 4.19. The molecule has 0 saturated carbocycles. The molecule has 8 heteroatoms. The Bertz CT molecular complexity index is 1080. The van der Waals surface area contributed by atoms with E-state index < -0.39 is 10.0 Å². The van der Waals surface area contributed by atoms with Crippen LogP contribution in [0.4, 0.5) is 0 Å². The van der Waals surface area contributed by atoms with Crippen LogP contribution in [0, 0.1) is 0 Å². The summed E-state index contributed by atoms with van der Waals surface area (Å²) in [5, 5.41) is 7.04. The molecule has 0 unspecified atom stereocenters. The molecule has 150 valence electrons. The molecule has 3 rings (SSSR count). The average molecular weight is 410 g/mol. The summed E-state index contributed by atoms with van der Waals surface area (Å²) in [6, 6.07) is 15.6. The highest BCUT2D eigenvalue weighted by Gasteiger charge is 2.14. The van der Waals surface area contributed by atoms with Crippen LogP contribution >= 0.6 is 0 Å². The molecule has 0 aliphatic heterocycles. The number of hydrogen-bond donors (Lipinski definition) is 2. The minimum Gasteiger partial charge on any atom is -0.348 e. The van der Waals surface area contributed by atoms with Crippen LogP contribution in [0.2, 0.25) is 0 Å². The Morgan fingerprint density at radius 1 is 1.10 bits per heavy atom. The Hall–Kier alpha value is -3.23. The van der Waals surface area contributed by atoms with E-state index in [1.165, 1.54) is 30.3 Å². The molecule has 1 heterocycles. The van der Waals surface area contributed by atoms with E-state index in [-0.39, 0.29) is 17.3 Å². The van der Waals surface area contributed by atoms with Crippen LogP contribution in [-0.4, -0.2) is 30.7 Å². The van der Waals surface area contributed by atoms with Crippen molar-refractivity contribution in [3.63, 3.8) is 0 Å². The van der Waals surface area contributed by atoms with E-state index in [4.69, 9.17) is 0 Å². The molecule has 0 bridgehead atoms. The van der Waals surface area contributed by atoms with Gasteiger partial charge in [0, 0.05) is 31.0 Å². The summed E-state index contributed by atoms with van der Waals surface area (Å²) in [5.41, 5.74) is 2.44. The Morgan fingerprint density at radius 2 is 1.86 bits per heavy atom. The molecule has 3 aromatic rings. The van der Waals surface area contributed by atoms with Crippen molar-refractivity contribution < 1.29 is 13.2 Å². The number of rotatable bonds is 9. The van der Waals surface area contributed by atoms with Crippen molar-refractivity contribution in [1.29, 1.82) is 0 Å². The third kappa shape index (κ3) is 5.63. The maximum absolute atomic E-state index is 12.4. The summed E-state index contributed by atoms with van der Waals surface area (Å²) in [7, 11) is -3.61. The van der Waals surface area contributed by atoms with E-state index in [1.54, 1.807) is 6.20 Å². The fourth-order valence-corrected chi connectivity index (χ4v) is 3.74. The number of benzene rings is 2. The number of sulfonamides is 1. The first-order valence-corrected chi connectivity index (χ1v) is 10.5. The van der Waals surface area contributed by atoms with Gasteiger partial charge in [0.05, 0.1) is 11.4 Å². The molecule has 29 heavy (non-hydrogen) atoms. The Kier molecular flexibility index (Phi) is 6.58. The summed E-state index contributed by atoms with van der Waals surface area (Å²) in [6.45, 7) is 4.65. The second-order valence-electron chi connectivity index (χ2n) is 6.37. The molecular weight excluding hydrogens is 388 g/mol. The molecule has 0 saturated heterocycles. The molecule has 2 aromatic carbocycles. The van der Waals surface area contributed by atoms with Gasteiger partial charge < -0.3 is 5.32 Å². The van der Waals surface area contributed by atoms with Crippen molar-refractivity contribution >= 4 is 15.9 Å². The zero-order chi connectivity index (χ0) is 20.7. The number of aromatic nitrogens is 2. The van der Waals surface area contributed by atoms with E-state index >= 15 is 0 Å². The van der Waals surface area contributed by atoms with E-state index in [9.17, 15) is 13.2 Å². The van der Waals surface area contributed by atoms with E-state index in [0.29, 0.717) is 18.7 Å². The van der Waals surface area contributed by atoms with Crippen molar-refractivity contribution in [1.82, 2.24) is 19.8 Å². The van der Waals surface area contributed by atoms with Gasteiger partial charge in [-0.15, -0.1) is 6.58 Å². The number of hydrogen-bond acceptors (Lipinski definition) is 4. The van der Waals surface area contributed by atoms with Gasteiger partial charge in [-0.3, -0.25) is 9.48 Å². The quantitative estimate of drug-likeness (QED) is 0.530. The molecule has 0 aliphatic rings. The highest BCUT2D eigenvalue weighted by atomic mass is 32.2. The molecular formula is C21H22N4O3S. The molecule has 1 aromatic heterocycles. The van der Waals surface area contributed by atoms with E-state index in [1.807, 2.05) is 41.2 Å². The third-order valence-corrected chi connectivity index (χ3v) is 5.63. The number of carbonyl (C=O) groups excluding carboxylic acids is 1. The largest absolute Gasteiger partial charge is 0.348 e. The summed E-state index contributed by atoms with van der Waals surface area (Å²) in [4.78, 5) is 12.5. The molecule has 0 fully saturated rings. The SMILES string of the molecule is C=CCNS(=O)(=O)c1ccc(C(=O)NCc2cccc(Cn3cccn3)c2)cc1. The topological polar surface area (TPSA) is 93.1 Å². The molecule has 0 spiro atoms. The summed E-state index contributed by atoms with van der Waals surface area (Å²) >= 11 is 0. The lowest BCUT2D eigenvalue weighted by atomic mass is 10.1. The Labute approximate surface area is 170 Å². The van der Waals surface area contributed by atoms with Crippen molar-refractivity contribution in [2.45, 2.75) is 18.0 Å². The van der Waals surface area contributed by atoms with Crippen LogP contribution in [0.1, 0.15) is 21.5 Å². The number of nitrogens with zero attached hydrogens (tertiary/aromatic N) is 2. The highest BCUT2D eigenvalue weighted by molar-refractivity contribution is 7.89. The molecule has 2 N–H and O–H groups in total. The predicted molar refractivity (Wildman–Crippen MR) is 111 cm³/mol. The fourth-order valence-electron chi connectivity index (χ4n) is 2.74. The molecule has 0 radical (unpaired) electrons. The van der Waals surface area contributed by atoms with Gasteiger partial charge in [-0.25, -0.2) is 13.1 Å². The van der Waals surface area contributed by atoms with Gasteiger partial charge in [0.2, 0.25) is 10.0 Å². The fraction of sp³-hybridized carbons (Fsp3) is 0.143. The van der Waals surface area contributed by atoms with Gasteiger partial charge in [0.25, 0.3) is 5.91 Å². The Balaban J connectivity index is 1.60. The first-order chi connectivity index (χ1) is 14.0. The second kappa shape index (κ2) is 9.31. The van der Waals surface area contributed by atoms with Gasteiger partial charge in [-0.2, -0.15) is 5.10 Å². The molecule has 1 amide bonds. The lowest BCUT2D eigenvalue weighted by Crippen LogP contribution is -2.24. The summed E-state index contributed by atoms with van der Waals surface area (Å²) in [5.74, 6) is -0.273. The van der Waals surface area contributed by atoms with Crippen LogP contribution in [0.15, 0.2) is 84.5 Å². The standard InChI is InChI=1S/C21H22N4O3S/c1-2-11-24-29(27,28)20-9-7-19(8-10-20)21(26)22-15-17-5-3-6-18(14-17)16-25-13-4-12-23-25/h2-10,12-14,24H,1,11,15-16H2,(H,22,26). The molecule has 0 aliphatic carbocycles. The minimum atomic E-state index is -3.61. The zero-order valence-electron chi connectivity index (χ0n) is 15.8. The lowest BCUT2D eigenvalue weighted by molar-refractivity contribution is 0.0951. The Morgan fingerprint density at radius 3 is 2.55 bits per heavy atom. The lowest BCUT2D eigenvalue weighted by Gasteiger charge is -2.09. The maximum Gasteiger partial charge on any atom is 0.251 e. The second-order valence-corrected chi connectivity index (χ2v) is 8.14.